The van der Waals surface area contributed by atoms with E-state index in [-0.39, 0.29) is 17.8 Å². The molecule has 1 atom stereocenters. The third-order valence-corrected chi connectivity index (χ3v) is 2.30. The number of aromatic hydroxyl groups is 1. The molecule has 5 nitrogen and oxygen atoms in total. The molecule has 0 saturated heterocycles. The third-order valence-electron chi connectivity index (χ3n) is 2.30. The Bertz CT molecular complexity index is 424. The van der Waals surface area contributed by atoms with Gasteiger partial charge in [-0.1, -0.05) is 12.1 Å². The van der Waals surface area contributed by atoms with E-state index in [4.69, 9.17) is 14.9 Å². The first-order chi connectivity index (χ1) is 7.65. The summed E-state index contributed by atoms with van der Waals surface area (Å²) in [4.78, 5) is 14.3. The maximum Gasteiger partial charge on any atom is 0.391 e. The lowest BCUT2D eigenvalue weighted by Gasteiger charge is -2.09. The van der Waals surface area contributed by atoms with Gasteiger partial charge in [0.1, 0.15) is 11.9 Å². The van der Waals surface area contributed by atoms with Gasteiger partial charge in [-0.3, -0.25) is 0 Å². The number of hydrogen-bond acceptors (Lipinski definition) is 4. The highest BCUT2D eigenvalue weighted by molar-refractivity contribution is 6.32. The van der Waals surface area contributed by atoms with Gasteiger partial charge in [-0.2, -0.15) is 0 Å². The summed E-state index contributed by atoms with van der Waals surface area (Å²) >= 11 is 0. The molecule has 0 aromatic heterocycles. The number of phenols is 1. The van der Waals surface area contributed by atoms with Crippen molar-refractivity contribution in [3.05, 3.63) is 29.8 Å². The second kappa shape index (κ2) is 4.22. The summed E-state index contributed by atoms with van der Waals surface area (Å²) in [5.74, 6) is -1.14. The highest BCUT2D eigenvalue weighted by Crippen LogP contribution is 2.15. The lowest BCUT2D eigenvalue weighted by Crippen LogP contribution is -2.20. The van der Waals surface area contributed by atoms with E-state index in [1.54, 1.807) is 24.3 Å². The van der Waals surface area contributed by atoms with Crippen molar-refractivity contribution in [3.8, 4) is 5.75 Å². The molecule has 16 heavy (non-hydrogen) atoms. The summed E-state index contributed by atoms with van der Waals surface area (Å²) < 4.78 is 5.14. The number of nitrogens with zero attached hydrogens (tertiary/aromatic N) is 1. The Morgan fingerprint density at radius 1 is 1.44 bits per heavy atom. The summed E-state index contributed by atoms with van der Waals surface area (Å²) in [6.07, 6.45) is 0.358. The van der Waals surface area contributed by atoms with Crippen LogP contribution in [0.15, 0.2) is 29.3 Å². The van der Waals surface area contributed by atoms with E-state index >= 15 is 0 Å². The summed E-state index contributed by atoms with van der Waals surface area (Å²) in [7, 11) is 0. The van der Waals surface area contributed by atoms with E-state index in [1.807, 2.05) is 0 Å². The predicted molar refractivity (Wildman–Crippen MR) is 56.6 cm³/mol. The van der Waals surface area contributed by atoms with Crippen LogP contribution in [0.2, 0.25) is 0 Å². The van der Waals surface area contributed by atoms with Gasteiger partial charge in [0.2, 0.25) is 0 Å². The van der Waals surface area contributed by atoms with Crippen molar-refractivity contribution >= 4 is 11.9 Å². The number of carboxylic acids is 1. The molecule has 0 amide bonds. The molecular formula is C11H11NO4. The smallest absolute Gasteiger partial charge is 0.391 e. The van der Waals surface area contributed by atoms with Gasteiger partial charge < -0.3 is 14.9 Å². The van der Waals surface area contributed by atoms with Crippen molar-refractivity contribution in [2.75, 3.05) is 6.54 Å². The number of aliphatic carboxylic acids is 1. The first-order valence-electron chi connectivity index (χ1n) is 4.87. The molecule has 0 spiro atoms. The third kappa shape index (κ3) is 2.31. The second-order valence-corrected chi connectivity index (χ2v) is 3.56. The van der Waals surface area contributed by atoms with Crippen LogP contribution < -0.4 is 0 Å². The van der Waals surface area contributed by atoms with Gasteiger partial charge in [-0.05, 0) is 17.7 Å². The van der Waals surface area contributed by atoms with Gasteiger partial charge in [0.05, 0.1) is 6.54 Å². The van der Waals surface area contributed by atoms with Crippen LogP contribution in [0.25, 0.3) is 0 Å². The molecule has 2 rings (SSSR count). The topological polar surface area (TPSA) is 79.1 Å². The van der Waals surface area contributed by atoms with Crippen molar-refractivity contribution in [3.63, 3.8) is 0 Å². The van der Waals surface area contributed by atoms with Crippen molar-refractivity contribution in [1.82, 2.24) is 0 Å². The summed E-state index contributed by atoms with van der Waals surface area (Å²) in [6, 6.07) is 6.72. The molecule has 5 heteroatoms. The quantitative estimate of drug-likeness (QED) is 0.791. The maximum atomic E-state index is 10.6. The Morgan fingerprint density at radius 3 is 2.69 bits per heavy atom. The lowest BCUT2D eigenvalue weighted by atomic mass is 10.1. The zero-order chi connectivity index (χ0) is 11.5. The van der Waals surface area contributed by atoms with Crippen LogP contribution in [0.4, 0.5) is 0 Å². The summed E-state index contributed by atoms with van der Waals surface area (Å²) in [5, 5.41) is 17.7. The van der Waals surface area contributed by atoms with Gasteiger partial charge in [0.15, 0.2) is 0 Å². The number of benzene rings is 1. The van der Waals surface area contributed by atoms with Gasteiger partial charge in [-0.15, -0.1) is 0 Å². The molecule has 1 aromatic carbocycles. The Balaban J connectivity index is 1.94. The minimum Gasteiger partial charge on any atom is -0.508 e. The Hall–Kier alpha value is -2.04. The number of hydrogen-bond donors (Lipinski definition) is 2. The Morgan fingerprint density at radius 2 is 2.12 bits per heavy atom. The zero-order valence-corrected chi connectivity index (χ0v) is 8.46. The predicted octanol–water partition coefficient (Wildman–Crippen LogP) is 0.817. The lowest BCUT2D eigenvalue weighted by molar-refractivity contribution is -0.131. The maximum absolute atomic E-state index is 10.6. The van der Waals surface area contributed by atoms with Crippen LogP contribution in [-0.4, -0.2) is 34.7 Å². The molecule has 1 aliphatic heterocycles. The van der Waals surface area contributed by atoms with E-state index in [0.29, 0.717) is 13.0 Å². The number of carboxylic acid groups (broad SMARTS) is 1. The molecule has 0 aliphatic carbocycles. The fraction of sp³-hybridized carbons (Fsp3) is 0.273. The Labute approximate surface area is 92.0 Å². The van der Waals surface area contributed by atoms with Crippen LogP contribution in [0.1, 0.15) is 5.56 Å². The van der Waals surface area contributed by atoms with Gasteiger partial charge >= 0.3 is 5.97 Å². The largest absolute Gasteiger partial charge is 0.508 e. The number of rotatable bonds is 3. The molecule has 84 valence electrons. The molecule has 1 unspecified atom stereocenters. The number of phenolic OH excluding ortho intramolecular Hbond substituents is 1. The molecule has 2 N–H and O–H groups in total. The van der Waals surface area contributed by atoms with Gasteiger partial charge in [-0.25, -0.2) is 9.79 Å². The Kier molecular flexibility index (Phi) is 2.76. The molecule has 0 bridgehead atoms. The number of carbonyl (C=O) groups is 1. The van der Waals surface area contributed by atoms with Crippen LogP contribution in [0, 0.1) is 0 Å². The van der Waals surface area contributed by atoms with Crippen LogP contribution >= 0.6 is 0 Å². The van der Waals surface area contributed by atoms with Crippen molar-refractivity contribution in [1.29, 1.82) is 0 Å². The molecule has 1 heterocycles. The highest BCUT2D eigenvalue weighted by atomic mass is 16.5. The normalized spacial score (nSPS) is 19.0. The number of ether oxygens (including phenoxy) is 1. The standard InChI is InChI=1S/C11H11NO4/c13-8-3-1-7(2-4-8)5-9-6-12-10(16-9)11(14)15/h1-4,9,13H,5-6H2,(H,14,15). The first kappa shape index (κ1) is 10.5. The minimum atomic E-state index is -1.13. The molecule has 0 fully saturated rings. The van der Waals surface area contributed by atoms with E-state index < -0.39 is 5.97 Å². The SMILES string of the molecule is O=C(O)C1=NCC(Cc2ccc(O)cc2)O1. The average molecular weight is 221 g/mol. The molecule has 1 aromatic rings. The van der Waals surface area contributed by atoms with E-state index in [2.05, 4.69) is 4.99 Å². The van der Waals surface area contributed by atoms with Gasteiger partial charge in [0.25, 0.3) is 5.90 Å². The minimum absolute atomic E-state index is 0.207. The van der Waals surface area contributed by atoms with Crippen molar-refractivity contribution in [2.24, 2.45) is 4.99 Å². The van der Waals surface area contributed by atoms with Crippen LogP contribution in [0.3, 0.4) is 0 Å². The zero-order valence-electron chi connectivity index (χ0n) is 8.46. The van der Waals surface area contributed by atoms with E-state index in [0.717, 1.165) is 5.56 Å². The molecular weight excluding hydrogens is 210 g/mol. The van der Waals surface area contributed by atoms with Crippen LogP contribution in [-0.2, 0) is 16.0 Å². The molecule has 0 radical (unpaired) electrons. The van der Waals surface area contributed by atoms with Crippen molar-refractivity contribution < 1.29 is 19.7 Å². The first-order valence-corrected chi connectivity index (χ1v) is 4.87. The molecule has 0 saturated carbocycles. The fourth-order valence-electron chi connectivity index (χ4n) is 1.54. The highest BCUT2D eigenvalue weighted by Gasteiger charge is 2.24. The number of aliphatic imine (C=N–C) groups is 1. The average Bonchev–Trinajstić information content (AvgIpc) is 2.70. The summed E-state index contributed by atoms with van der Waals surface area (Å²) in [5.41, 5.74) is 0.977. The fourth-order valence-corrected chi connectivity index (χ4v) is 1.54. The monoisotopic (exact) mass is 221 g/mol. The van der Waals surface area contributed by atoms with Crippen molar-refractivity contribution in [2.45, 2.75) is 12.5 Å². The van der Waals surface area contributed by atoms with Gasteiger partial charge in [0, 0.05) is 6.42 Å². The van der Waals surface area contributed by atoms with Crippen LogP contribution in [0.5, 0.6) is 5.75 Å². The molecule has 1 aliphatic rings. The van der Waals surface area contributed by atoms with E-state index in [1.165, 1.54) is 0 Å². The second-order valence-electron chi connectivity index (χ2n) is 3.56. The van der Waals surface area contributed by atoms with E-state index in [9.17, 15) is 4.79 Å². The summed E-state index contributed by atoms with van der Waals surface area (Å²) in [6.45, 7) is 0.364.